The zero-order valence-corrected chi connectivity index (χ0v) is 17.4. The standard InChI is InChI=1S/C26H22N4O2/c31-25(29-17-19-9-13-27-14-10-19)23-5-1-21(2-6-23)22-3-7-24(8-4-22)26(32)30-18-20-11-15-28-16-12-20/h1-16H,17-18H2,(H,29,31)(H,30,32). The Kier molecular flexibility index (Phi) is 6.63. The fraction of sp³-hybridized carbons (Fsp3) is 0.0769. The van der Waals surface area contributed by atoms with Gasteiger partial charge in [-0.05, 0) is 70.8 Å². The number of amides is 2. The molecular weight excluding hydrogens is 400 g/mol. The van der Waals surface area contributed by atoms with Crippen molar-refractivity contribution >= 4 is 11.8 Å². The lowest BCUT2D eigenvalue weighted by atomic mass is 10.0. The van der Waals surface area contributed by atoms with Crippen LogP contribution in [0, 0.1) is 0 Å². The Balaban J connectivity index is 1.34. The van der Waals surface area contributed by atoms with Gasteiger partial charge in [-0.2, -0.15) is 0 Å². The average molecular weight is 422 g/mol. The van der Waals surface area contributed by atoms with E-state index in [0.717, 1.165) is 22.3 Å². The van der Waals surface area contributed by atoms with Crippen molar-refractivity contribution < 1.29 is 9.59 Å². The van der Waals surface area contributed by atoms with E-state index in [1.807, 2.05) is 48.5 Å². The number of benzene rings is 2. The lowest BCUT2D eigenvalue weighted by Gasteiger charge is -2.08. The third kappa shape index (κ3) is 5.43. The monoisotopic (exact) mass is 422 g/mol. The van der Waals surface area contributed by atoms with E-state index in [-0.39, 0.29) is 11.8 Å². The molecule has 0 radical (unpaired) electrons. The highest BCUT2D eigenvalue weighted by molar-refractivity contribution is 5.95. The van der Waals surface area contributed by atoms with Crippen molar-refractivity contribution in [2.24, 2.45) is 0 Å². The van der Waals surface area contributed by atoms with Gasteiger partial charge in [0.2, 0.25) is 0 Å². The van der Waals surface area contributed by atoms with Crippen LogP contribution in [0.15, 0.2) is 97.6 Å². The molecule has 0 fully saturated rings. The summed E-state index contributed by atoms with van der Waals surface area (Å²) in [4.78, 5) is 32.7. The van der Waals surface area contributed by atoms with Gasteiger partial charge in [0.25, 0.3) is 11.8 Å². The van der Waals surface area contributed by atoms with Crippen LogP contribution in [0.5, 0.6) is 0 Å². The molecule has 0 saturated carbocycles. The van der Waals surface area contributed by atoms with Gasteiger partial charge in [0.15, 0.2) is 0 Å². The van der Waals surface area contributed by atoms with Crippen LogP contribution in [0.3, 0.4) is 0 Å². The molecule has 2 N–H and O–H groups in total. The van der Waals surface area contributed by atoms with Crippen LogP contribution in [0.4, 0.5) is 0 Å². The van der Waals surface area contributed by atoms with E-state index in [1.54, 1.807) is 49.1 Å². The van der Waals surface area contributed by atoms with Crippen molar-refractivity contribution in [3.63, 3.8) is 0 Å². The molecule has 0 bridgehead atoms. The lowest BCUT2D eigenvalue weighted by Crippen LogP contribution is -2.22. The Hall–Kier alpha value is -4.32. The number of carbonyl (C=O) groups is 2. The van der Waals surface area contributed by atoms with Crippen LogP contribution in [0.25, 0.3) is 11.1 Å². The maximum Gasteiger partial charge on any atom is 0.251 e. The first kappa shape index (κ1) is 20.9. The Morgan fingerprint density at radius 2 is 0.875 bits per heavy atom. The molecule has 32 heavy (non-hydrogen) atoms. The summed E-state index contributed by atoms with van der Waals surface area (Å²) in [5.74, 6) is -0.260. The number of pyridine rings is 2. The Morgan fingerprint density at radius 1 is 0.531 bits per heavy atom. The summed E-state index contributed by atoms with van der Waals surface area (Å²) >= 11 is 0. The van der Waals surface area contributed by atoms with Gasteiger partial charge < -0.3 is 10.6 Å². The number of rotatable bonds is 7. The minimum absolute atomic E-state index is 0.130. The van der Waals surface area contributed by atoms with Crippen molar-refractivity contribution in [2.45, 2.75) is 13.1 Å². The summed E-state index contributed by atoms with van der Waals surface area (Å²) in [5, 5.41) is 5.81. The van der Waals surface area contributed by atoms with Crippen molar-refractivity contribution in [3.8, 4) is 11.1 Å². The molecule has 6 nitrogen and oxygen atoms in total. The Labute approximate surface area is 186 Å². The maximum atomic E-state index is 12.4. The lowest BCUT2D eigenvalue weighted by molar-refractivity contribution is 0.0943. The third-order valence-corrected chi connectivity index (χ3v) is 5.03. The molecule has 2 amide bonds. The number of hydrogen-bond acceptors (Lipinski definition) is 4. The smallest absolute Gasteiger partial charge is 0.251 e. The molecule has 0 aliphatic carbocycles. The first-order chi connectivity index (χ1) is 15.7. The molecule has 0 aliphatic rings. The van der Waals surface area contributed by atoms with E-state index in [9.17, 15) is 9.59 Å². The second-order valence-electron chi connectivity index (χ2n) is 7.23. The predicted molar refractivity (Wildman–Crippen MR) is 123 cm³/mol. The van der Waals surface area contributed by atoms with E-state index >= 15 is 0 Å². The number of aromatic nitrogens is 2. The first-order valence-corrected chi connectivity index (χ1v) is 10.2. The maximum absolute atomic E-state index is 12.4. The van der Waals surface area contributed by atoms with Gasteiger partial charge in [0.1, 0.15) is 0 Å². The number of carbonyl (C=O) groups excluding carboxylic acids is 2. The molecule has 158 valence electrons. The van der Waals surface area contributed by atoms with Crippen LogP contribution < -0.4 is 10.6 Å². The van der Waals surface area contributed by atoms with Crippen molar-refractivity contribution in [1.29, 1.82) is 0 Å². The summed E-state index contributed by atoms with van der Waals surface area (Å²) in [7, 11) is 0. The normalized spacial score (nSPS) is 10.4. The second kappa shape index (κ2) is 10.1. The molecule has 6 heteroatoms. The van der Waals surface area contributed by atoms with E-state index in [2.05, 4.69) is 20.6 Å². The summed E-state index contributed by atoms with van der Waals surface area (Å²) in [6, 6.07) is 22.3. The molecule has 2 aromatic heterocycles. The number of nitrogens with zero attached hydrogens (tertiary/aromatic N) is 2. The van der Waals surface area contributed by atoms with E-state index in [4.69, 9.17) is 0 Å². The highest BCUT2D eigenvalue weighted by Crippen LogP contribution is 2.20. The minimum atomic E-state index is -0.130. The van der Waals surface area contributed by atoms with Gasteiger partial charge in [-0.1, -0.05) is 24.3 Å². The summed E-state index contributed by atoms with van der Waals surface area (Å²) in [5.41, 5.74) is 5.12. The molecular formula is C26H22N4O2. The van der Waals surface area contributed by atoms with Crippen LogP contribution in [-0.4, -0.2) is 21.8 Å². The van der Waals surface area contributed by atoms with Gasteiger partial charge >= 0.3 is 0 Å². The molecule has 0 atom stereocenters. The fourth-order valence-corrected chi connectivity index (χ4v) is 3.20. The summed E-state index contributed by atoms with van der Waals surface area (Å²) in [6.07, 6.45) is 6.80. The van der Waals surface area contributed by atoms with Crippen molar-refractivity contribution in [1.82, 2.24) is 20.6 Å². The average Bonchev–Trinajstić information content (AvgIpc) is 2.87. The van der Waals surface area contributed by atoms with E-state index in [1.165, 1.54) is 0 Å². The summed E-state index contributed by atoms with van der Waals surface area (Å²) in [6.45, 7) is 0.904. The second-order valence-corrected chi connectivity index (χ2v) is 7.23. The highest BCUT2D eigenvalue weighted by atomic mass is 16.2. The van der Waals surface area contributed by atoms with E-state index < -0.39 is 0 Å². The molecule has 4 rings (SSSR count). The molecule has 0 spiro atoms. The predicted octanol–water partition coefficient (Wildman–Crippen LogP) is 4.00. The quantitative estimate of drug-likeness (QED) is 0.471. The van der Waals surface area contributed by atoms with Crippen LogP contribution in [0.2, 0.25) is 0 Å². The van der Waals surface area contributed by atoms with Gasteiger partial charge in [-0.3, -0.25) is 19.6 Å². The zero-order valence-electron chi connectivity index (χ0n) is 17.4. The zero-order chi connectivity index (χ0) is 22.2. The van der Waals surface area contributed by atoms with Gasteiger partial charge in [0, 0.05) is 49.0 Å². The van der Waals surface area contributed by atoms with Crippen LogP contribution in [-0.2, 0) is 13.1 Å². The molecule has 2 heterocycles. The molecule has 2 aromatic carbocycles. The molecule has 0 aliphatic heterocycles. The molecule has 0 saturated heterocycles. The van der Waals surface area contributed by atoms with Gasteiger partial charge in [0.05, 0.1) is 0 Å². The van der Waals surface area contributed by atoms with Crippen molar-refractivity contribution in [3.05, 3.63) is 120 Å². The number of hydrogen-bond donors (Lipinski definition) is 2. The largest absolute Gasteiger partial charge is 0.348 e. The SMILES string of the molecule is O=C(NCc1ccncc1)c1ccc(-c2ccc(C(=O)NCc3ccncc3)cc2)cc1. The van der Waals surface area contributed by atoms with Crippen LogP contribution in [0.1, 0.15) is 31.8 Å². The third-order valence-electron chi connectivity index (χ3n) is 5.03. The molecule has 4 aromatic rings. The first-order valence-electron chi connectivity index (χ1n) is 10.2. The topological polar surface area (TPSA) is 84.0 Å². The minimum Gasteiger partial charge on any atom is -0.348 e. The van der Waals surface area contributed by atoms with Gasteiger partial charge in [-0.25, -0.2) is 0 Å². The van der Waals surface area contributed by atoms with E-state index in [0.29, 0.717) is 24.2 Å². The fourth-order valence-electron chi connectivity index (χ4n) is 3.20. The molecule has 0 unspecified atom stereocenters. The van der Waals surface area contributed by atoms with Crippen LogP contribution >= 0.6 is 0 Å². The number of nitrogens with one attached hydrogen (secondary N) is 2. The highest BCUT2D eigenvalue weighted by Gasteiger charge is 2.08. The Bertz CT molecular complexity index is 1080. The van der Waals surface area contributed by atoms with Gasteiger partial charge in [-0.15, -0.1) is 0 Å². The summed E-state index contributed by atoms with van der Waals surface area (Å²) < 4.78 is 0. The Morgan fingerprint density at radius 3 is 1.22 bits per heavy atom. The van der Waals surface area contributed by atoms with Crippen molar-refractivity contribution in [2.75, 3.05) is 0 Å².